The Labute approximate surface area is 120 Å². The Morgan fingerprint density at radius 3 is 2.62 bits per heavy atom. The van der Waals surface area contributed by atoms with Gasteiger partial charge in [0.2, 0.25) is 0 Å². The van der Waals surface area contributed by atoms with Crippen LogP contribution in [0.4, 0.5) is 13.2 Å². The lowest BCUT2D eigenvalue weighted by molar-refractivity contribution is -0.274. The molecule has 5 nitrogen and oxygen atoms in total. The number of para-hydroxylation sites is 1. The van der Waals surface area contributed by atoms with Gasteiger partial charge in [-0.25, -0.2) is 4.99 Å². The Hall–Kier alpha value is -1.96. The van der Waals surface area contributed by atoms with E-state index in [0.717, 1.165) is 0 Å². The molecule has 1 rings (SSSR count). The summed E-state index contributed by atoms with van der Waals surface area (Å²) >= 11 is 0. The lowest BCUT2D eigenvalue weighted by Gasteiger charge is -2.13. The van der Waals surface area contributed by atoms with Crippen LogP contribution in [0.5, 0.6) is 5.75 Å². The van der Waals surface area contributed by atoms with Crippen molar-refractivity contribution in [3.05, 3.63) is 29.8 Å². The molecule has 21 heavy (non-hydrogen) atoms. The highest BCUT2D eigenvalue weighted by molar-refractivity contribution is 5.79. The van der Waals surface area contributed by atoms with Gasteiger partial charge >= 0.3 is 6.36 Å². The number of aliphatic hydroxyl groups is 1. The second-order valence-electron chi connectivity index (χ2n) is 4.00. The molecule has 0 fully saturated rings. The zero-order valence-electron chi connectivity index (χ0n) is 11.6. The summed E-state index contributed by atoms with van der Waals surface area (Å²) in [5.74, 6) is 0.139. The Morgan fingerprint density at radius 2 is 2.00 bits per heavy atom. The number of benzene rings is 1. The SMILES string of the molecule is CCNC(=NCc1ccccc1OC(F)(F)F)NCCO. The minimum absolute atomic E-state index is 0.0208. The van der Waals surface area contributed by atoms with E-state index >= 15 is 0 Å². The molecule has 0 aromatic heterocycles. The van der Waals surface area contributed by atoms with E-state index in [4.69, 9.17) is 5.11 Å². The summed E-state index contributed by atoms with van der Waals surface area (Å²) in [5.41, 5.74) is 0.316. The van der Waals surface area contributed by atoms with Crippen LogP contribution in [0, 0.1) is 0 Å². The van der Waals surface area contributed by atoms with Gasteiger partial charge < -0.3 is 20.5 Å². The molecule has 0 aliphatic heterocycles. The average Bonchev–Trinajstić information content (AvgIpc) is 2.41. The Morgan fingerprint density at radius 1 is 1.29 bits per heavy atom. The summed E-state index contributed by atoms with van der Waals surface area (Å²) in [6, 6.07) is 5.83. The van der Waals surface area contributed by atoms with Crippen molar-refractivity contribution < 1.29 is 23.0 Å². The Balaban J connectivity index is 2.80. The van der Waals surface area contributed by atoms with Gasteiger partial charge in [0.15, 0.2) is 5.96 Å². The average molecular weight is 305 g/mol. The molecule has 0 radical (unpaired) electrons. The molecule has 0 bridgehead atoms. The van der Waals surface area contributed by atoms with E-state index < -0.39 is 6.36 Å². The summed E-state index contributed by atoms with van der Waals surface area (Å²) in [6.07, 6.45) is -4.74. The molecular formula is C13H18F3N3O2. The number of nitrogens with zero attached hydrogens (tertiary/aromatic N) is 1. The maximum absolute atomic E-state index is 12.3. The predicted octanol–water partition coefficient (Wildman–Crippen LogP) is 1.63. The second-order valence-corrected chi connectivity index (χ2v) is 4.00. The van der Waals surface area contributed by atoms with E-state index in [1.54, 1.807) is 6.07 Å². The van der Waals surface area contributed by atoms with E-state index in [0.29, 0.717) is 24.6 Å². The number of rotatable bonds is 6. The molecule has 0 aliphatic carbocycles. The third kappa shape index (κ3) is 6.84. The van der Waals surface area contributed by atoms with E-state index in [1.165, 1.54) is 18.2 Å². The number of alkyl halides is 3. The molecule has 0 unspecified atom stereocenters. The Kier molecular flexibility index (Phi) is 6.80. The molecule has 8 heteroatoms. The summed E-state index contributed by atoms with van der Waals surface area (Å²) in [5, 5.41) is 14.5. The van der Waals surface area contributed by atoms with Gasteiger partial charge in [-0.1, -0.05) is 18.2 Å². The number of aliphatic hydroxyl groups excluding tert-OH is 1. The zero-order chi connectivity index (χ0) is 15.7. The van der Waals surface area contributed by atoms with Gasteiger partial charge in [-0.05, 0) is 13.0 Å². The fraction of sp³-hybridized carbons (Fsp3) is 0.462. The van der Waals surface area contributed by atoms with E-state index in [2.05, 4.69) is 20.4 Å². The summed E-state index contributed by atoms with van der Waals surface area (Å²) < 4.78 is 40.8. The van der Waals surface area contributed by atoms with Crippen LogP contribution in [0.25, 0.3) is 0 Å². The smallest absolute Gasteiger partial charge is 0.405 e. The fourth-order valence-corrected chi connectivity index (χ4v) is 1.54. The third-order valence-electron chi connectivity index (χ3n) is 2.35. The van der Waals surface area contributed by atoms with Crippen LogP contribution < -0.4 is 15.4 Å². The maximum atomic E-state index is 12.3. The van der Waals surface area contributed by atoms with Gasteiger partial charge in [0, 0.05) is 18.7 Å². The molecule has 1 aromatic carbocycles. The highest BCUT2D eigenvalue weighted by atomic mass is 19.4. The highest BCUT2D eigenvalue weighted by Gasteiger charge is 2.31. The van der Waals surface area contributed by atoms with Crippen molar-refractivity contribution in [3.8, 4) is 5.75 Å². The van der Waals surface area contributed by atoms with Gasteiger partial charge in [0.1, 0.15) is 5.75 Å². The van der Waals surface area contributed by atoms with E-state index in [9.17, 15) is 13.2 Å². The van der Waals surface area contributed by atoms with Gasteiger partial charge in [-0.3, -0.25) is 0 Å². The van der Waals surface area contributed by atoms with Crippen molar-refractivity contribution in [2.45, 2.75) is 19.8 Å². The second kappa shape index (κ2) is 8.35. The molecule has 118 valence electrons. The first-order valence-corrected chi connectivity index (χ1v) is 6.43. The minimum atomic E-state index is -4.74. The number of nitrogens with one attached hydrogen (secondary N) is 2. The molecule has 0 saturated heterocycles. The van der Waals surface area contributed by atoms with Gasteiger partial charge in [-0.2, -0.15) is 0 Å². The lowest BCUT2D eigenvalue weighted by atomic mass is 10.2. The van der Waals surface area contributed by atoms with Crippen LogP contribution in [-0.4, -0.2) is 37.1 Å². The highest BCUT2D eigenvalue weighted by Crippen LogP contribution is 2.26. The van der Waals surface area contributed by atoms with Crippen molar-refractivity contribution in [1.82, 2.24) is 10.6 Å². The molecule has 0 saturated carbocycles. The molecule has 3 N–H and O–H groups in total. The van der Waals surface area contributed by atoms with Gasteiger partial charge in [0.25, 0.3) is 0 Å². The molecule has 0 spiro atoms. The van der Waals surface area contributed by atoms with Crippen LogP contribution >= 0.6 is 0 Å². The van der Waals surface area contributed by atoms with Crippen molar-refractivity contribution >= 4 is 5.96 Å². The van der Waals surface area contributed by atoms with Crippen LogP contribution in [-0.2, 0) is 6.54 Å². The maximum Gasteiger partial charge on any atom is 0.573 e. The fourth-order valence-electron chi connectivity index (χ4n) is 1.54. The van der Waals surface area contributed by atoms with Crippen LogP contribution in [0.2, 0.25) is 0 Å². The van der Waals surface area contributed by atoms with Crippen molar-refractivity contribution in [2.75, 3.05) is 19.7 Å². The first-order chi connectivity index (χ1) is 9.96. The molecule has 1 aromatic rings. The van der Waals surface area contributed by atoms with E-state index in [-0.39, 0.29) is 18.9 Å². The van der Waals surface area contributed by atoms with Crippen LogP contribution in [0.15, 0.2) is 29.3 Å². The normalized spacial score (nSPS) is 12.1. The quantitative estimate of drug-likeness (QED) is 0.552. The lowest BCUT2D eigenvalue weighted by Crippen LogP contribution is -2.38. The number of hydrogen-bond donors (Lipinski definition) is 3. The number of halogens is 3. The summed E-state index contributed by atoms with van der Waals surface area (Å²) in [6.45, 7) is 2.70. The molecule has 0 aliphatic rings. The van der Waals surface area contributed by atoms with Gasteiger partial charge in [0.05, 0.1) is 13.2 Å². The number of aliphatic imine (C=N–C) groups is 1. The van der Waals surface area contributed by atoms with Crippen molar-refractivity contribution in [1.29, 1.82) is 0 Å². The molecule has 0 heterocycles. The minimum Gasteiger partial charge on any atom is -0.405 e. The monoisotopic (exact) mass is 305 g/mol. The summed E-state index contributed by atoms with van der Waals surface area (Å²) in [7, 11) is 0. The van der Waals surface area contributed by atoms with Crippen LogP contribution in [0.1, 0.15) is 12.5 Å². The number of guanidine groups is 1. The molecule has 0 atom stereocenters. The van der Waals surface area contributed by atoms with Gasteiger partial charge in [-0.15, -0.1) is 13.2 Å². The first-order valence-electron chi connectivity index (χ1n) is 6.43. The van der Waals surface area contributed by atoms with Crippen LogP contribution in [0.3, 0.4) is 0 Å². The topological polar surface area (TPSA) is 65.9 Å². The number of ether oxygens (including phenoxy) is 1. The van der Waals surface area contributed by atoms with Crippen molar-refractivity contribution in [3.63, 3.8) is 0 Å². The first kappa shape index (κ1) is 17.1. The predicted molar refractivity (Wildman–Crippen MR) is 73.0 cm³/mol. The standard InChI is InChI=1S/C13H18F3N3O2/c1-2-17-12(18-7-8-20)19-9-10-5-3-4-6-11(10)21-13(14,15)16/h3-6,20H,2,7-9H2,1H3,(H2,17,18,19). The number of hydrogen-bond acceptors (Lipinski definition) is 3. The molecular weight excluding hydrogens is 287 g/mol. The van der Waals surface area contributed by atoms with Crippen molar-refractivity contribution in [2.24, 2.45) is 4.99 Å². The Bertz CT molecular complexity index is 464. The third-order valence-corrected chi connectivity index (χ3v) is 2.35. The zero-order valence-corrected chi connectivity index (χ0v) is 11.6. The summed E-state index contributed by atoms with van der Waals surface area (Å²) in [4.78, 5) is 4.15. The van der Waals surface area contributed by atoms with E-state index in [1.807, 2.05) is 6.92 Å². The largest absolute Gasteiger partial charge is 0.573 e. The molecule has 0 amide bonds.